The molecule has 32 heavy (non-hydrogen) atoms. The van der Waals surface area contributed by atoms with Gasteiger partial charge in [-0.25, -0.2) is 9.59 Å². The molecule has 0 saturated carbocycles. The van der Waals surface area contributed by atoms with Crippen molar-refractivity contribution in [3.8, 4) is 5.75 Å². The van der Waals surface area contributed by atoms with Crippen LogP contribution in [-0.4, -0.2) is 37.2 Å². The number of carbonyl (C=O) groups excluding carboxylic acids is 2. The van der Waals surface area contributed by atoms with E-state index in [1.165, 1.54) is 10.5 Å². The first-order valence-electron chi connectivity index (χ1n) is 11.0. The van der Waals surface area contributed by atoms with Crippen LogP contribution in [0.3, 0.4) is 0 Å². The van der Waals surface area contributed by atoms with Crippen LogP contribution in [0.4, 0.5) is 4.79 Å². The fraction of sp³-hybridized carbons (Fsp3) is 0.385. The van der Waals surface area contributed by atoms with E-state index in [1.54, 1.807) is 14.0 Å². The molecule has 1 atom stereocenters. The molecular weight excluding hydrogens is 404 g/mol. The molecule has 0 radical (unpaired) electrons. The van der Waals surface area contributed by atoms with Crippen LogP contribution in [0, 0.1) is 13.8 Å². The first kappa shape index (κ1) is 23.4. The van der Waals surface area contributed by atoms with Crippen molar-refractivity contribution in [2.24, 2.45) is 0 Å². The highest BCUT2D eigenvalue weighted by molar-refractivity contribution is 5.95. The van der Waals surface area contributed by atoms with Gasteiger partial charge in [-0.2, -0.15) is 0 Å². The third-order valence-corrected chi connectivity index (χ3v) is 5.74. The van der Waals surface area contributed by atoms with Gasteiger partial charge in [-0.1, -0.05) is 49.7 Å². The Labute approximate surface area is 190 Å². The van der Waals surface area contributed by atoms with Crippen molar-refractivity contribution in [3.63, 3.8) is 0 Å². The molecule has 0 aromatic heterocycles. The van der Waals surface area contributed by atoms with Gasteiger partial charge in [0.2, 0.25) is 0 Å². The van der Waals surface area contributed by atoms with E-state index in [2.05, 4.69) is 19.2 Å². The predicted molar refractivity (Wildman–Crippen MR) is 125 cm³/mol. The van der Waals surface area contributed by atoms with Crippen LogP contribution < -0.4 is 10.1 Å². The van der Waals surface area contributed by atoms with Crippen LogP contribution in [0.2, 0.25) is 0 Å². The van der Waals surface area contributed by atoms with Gasteiger partial charge in [0, 0.05) is 7.05 Å². The Bertz CT molecular complexity index is 1020. The average molecular weight is 437 g/mol. The highest BCUT2D eigenvalue weighted by Gasteiger charge is 2.37. The summed E-state index contributed by atoms with van der Waals surface area (Å²) in [6.07, 6.45) is 0. The first-order valence-corrected chi connectivity index (χ1v) is 11.0. The van der Waals surface area contributed by atoms with Crippen LogP contribution in [0.1, 0.15) is 55.0 Å². The highest BCUT2D eigenvalue weighted by atomic mass is 16.5. The van der Waals surface area contributed by atoms with Crippen LogP contribution in [0.15, 0.2) is 53.7 Å². The number of urea groups is 1. The zero-order chi connectivity index (χ0) is 23.4. The van der Waals surface area contributed by atoms with Gasteiger partial charge >= 0.3 is 12.0 Å². The molecule has 6 nitrogen and oxygen atoms in total. The highest BCUT2D eigenvalue weighted by Crippen LogP contribution is 2.33. The van der Waals surface area contributed by atoms with Gasteiger partial charge in [0.1, 0.15) is 12.4 Å². The van der Waals surface area contributed by atoms with Crippen LogP contribution in [-0.2, 0) is 9.53 Å². The fourth-order valence-electron chi connectivity index (χ4n) is 3.79. The summed E-state index contributed by atoms with van der Waals surface area (Å²) in [6, 6.07) is 13.0. The second-order valence-corrected chi connectivity index (χ2v) is 8.39. The molecule has 0 saturated heterocycles. The lowest BCUT2D eigenvalue weighted by Gasteiger charge is -2.35. The summed E-state index contributed by atoms with van der Waals surface area (Å²) in [5.74, 6) is 0.639. The summed E-state index contributed by atoms with van der Waals surface area (Å²) in [7, 11) is 1.63. The second kappa shape index (κ2) is 9.90. The molecule has 1 heterocycles. The number of nitrogens with one attached hydrogen (secondary N) is 1. The molecule has 0 aliphatic carbocycles. The number of ether oxygens (including phenoxy) is 2. The van der Waals surface area contributed by atoms with E-state index in [9.17, 15) is 9.59 Å². The van der Waals surface area contributed by atoms with E-state index >= 15 is 0 Å². The predicted octanol–water partition coefficient (Wildman–Crippen LogP) is 5.02. The number of nitrogens with zero attached hydrogens (tertiary/aromatic N) is 1. The number of aryl methyl sites for hydroxylation is 2. The minimum absolute atomic E-state index is 0.0699. The molecule has 6 heteroatoms. The summed E-state index contributed by atoms with van der Waals surface area (Å²) >= 11 is 0. The van der Waals surface area contributed by atoms with Crippen molar-refractivity contribution in [2.75, 3.05) is 20.3 Å². The summed E-state index contributed by atoms with van der Waals surface area (Å²) in [4.78, 5) is 27.3. The number of benzene rings is 2. The van der Waals surface area contributed by atoms with Gasteiger partial charge in [-0.3, -0.25) is 4.90 Å². The van der Waals surface area contributed by atoms with Crippen molar-refractivity contribution >= 4 is 12.0 Å². The molecule has 2 aromatic rings. The summed E-state index contributed by atoms with van der Waals surface area (Å²) in [5.41, 5.74) is 5.00. The molecule has 1 N–H and O–H groups in total. The quantitative estimate of drug-likeness (QED) is 0.619. The Morgan fingerprint density at radius 2 is 1.81 bits per heavy atom. The summed E-state index contributed by atoms with van der Waals surface area (Å²) in [5, 5.41) is 2.96. The number of amides is 2. The Kier molecular flexibility index (Phi) is 7.23. The van der Waals surface area contributed by atoms with E-state index in [0.29, 0.717) is 22.9 Å². The number of rotatable bonds is 7. The standard InChI is InChI=1S/C26H32N2O4/c1-7-31-25(29)23-22(15-32-20-12-10-19(11-13-20)16(2)3)28(6)26(30)27-24(23)21-14-17(4)8-9-18(21)5/h8-14,16,24H,7,15H2,1-6H3,(H,27,30)/t24-/m1/s1. The molecule has 2 amide bonds. The van der Waals surface area contributed by atoms with Gasteiger partial charge < -0.3 is 14.8 Å². The van der Waals surface area contributed by atoms with Crippen LogP contribution in [0.5, 0.6) is 5.75 Å². The smallest absolute Gasteiger partial charge is 0.338 e. The molecule has 1 aliphatic heterocycles. The Hall–Kier alpha value is -3.28. The second-order valence-electron chi connectivity index (χ2n) is 8.39. The Balaban J connectivity index is 2.02. The normalized spacial score (nSPS) is 16.3. The largest absolute Gasteiger partial charge is 0.487 e. The van der Waals surface area contributed by atoms with Gasteiger partial charge in [0.25, 0.3) is 0 Å². The lowest BCUT2D eigenvalue weighted by Crippen LogP contribution is -2.48. The minimum atomic E-state index is -0.612. The third kappa shape index (κ3) is 4.96. The summed E-state index contributed by atoms with van der Waals surface area (Å²) < 4.78 is 11.4. The molecule has 0 fully saturated rings. The molecule has 2 aromatic carbocycles. The van der Waals surface area contributed by atoms with Crippen molar-refractivity contribution < 1.29 is 19.1 Å². The lowest BCUT2D eigenvalue weighted by atomic mass is 9.90. The first-order chi connectivity index (χ1) is 15.2. The molecule has 3 rings (SSSR count). The molecule has 0 unspecified atom stereocenters. The summed E-state index contributed by atoms with van der Waals surface area (Å²) in [6.45, 7) is 10.3. The number of likely N-dealkylation sites (N-methyl/N-ethyl adjacent to an activating group) is 1. The maximum atomic E-state index is 13.1. The van der Waals surface area contributed by atoms with E-state index in [-0.39, 0.29) is 19.2 Å². The number of hydrogen-bond acceptors (Lipinski definition) is 4. The SMILES string of the molecule is CCOC(=O)C1=C(COc2ccc(C(C)C)cc2)N(C)C(=O)N[C@@H]1c1cc(C)ccc1C. The van der Waals surface area contributed by atoms with Gasteiger partial charge in [0.15, 0.2) is 0 Å². The topological polar surface area (TPSA) is 67.9 Å². The molecule has 0 bridgehead atoms. The van der Waals surface area contributed by atoms with E-state index in [1.807, 2.05) is 56.3 Å². The van der Waals surface area contributed by atoms with Crippen molar-refractivity contribution in [1.29, 1.82) is 0 Å². The van der Waals surface area contributed by atoms with Gasteiger partial charge in [-0.15, -0.1) is 0 Å². The van der Waals surface area contributed by atoms with E-state index in [4.69, 9.17) is 9.47 Å². The zero-order valence-corrected chi connectivity index (χ0v) is 19.7. The van der Waals surface area contributed by atoms with Crippen LogP contribution in [0.25, 0.3) is 0 Å². The molecule has 0 spiro atoms. The van der Waals surface area contributed by atoms with Crippen molar-refractivity contribution in [1.82, 2.24) is 10.2 Å². The van der Waals surface area contributed by atoms with Crippen molar-refractivity contribution in [3.05, 3.63) is 76.0 Å². The maximum Gasteiger partial charge on any atom is 0.338 e. The van der Waals surface area contributed by atoms with Gasteiger partial charge in [0.05, 0.1) is 23.9 Å². The monoisotopic (exact) mass is 436 g/mol. The zero-order valence-electron chi connectivity index (χ0n) is 19.7. The van der Waals surface area contributed by atoms with Gasteiger partial charge in [-0.05, 0) is 55.5 Å². The maximum absolute atomic E-state index is 13.1. The van der Waals surface area contributed by atoms with Crippen LogP contribution >= 0.6 is 0 Å². The third-order valence-electron chi connectivity index (χ3n) is 5.74. The molecule has 170 valence electrons. The van der Waals surface area contributed by atoms with E-state index < -0.39 is 12.0 Å². The number of hydrogen-bond donors (Lipinski definition) is 1. The fourth-order valence-corrected chi connectivity index (χ4v) is 3.79. The van der Waals surface area contributed by atoms with E-state index in [0.717, 1.165) is 16.7 Å². The number of carbonyl (C=O) groups is 2. The Morgan fingerprint density at radius 3 is 2.44 bits per heavy atom. The minimum Gasteiger partial charge on any atom is -0.487 e. The average Bonchev–Trinajstić information content (AvgIpc) is 2.76. The Morgan fingerprint density at radius 1 is 1.12 bits per heavy atom. The molecular formula is C26H32N2O4. The lowest BCUT2D eigenvalue weighted by molar-refractivity contribution is -0.139. The number of esters is 1. The molecule has 1 aliphatic rings. The van der Waals surface area contributed by atoms with Crippen molar-refractivity contribution in [2.45, 2.75) is 46.6 Å².